The van der Waals surface area contributed by atoms with Gasteiger partial charge in [-0.05, 0) is 12.1 Å². The average Bonchev–Trinajstić information content (AvgIpc) is 2.89. The number of aromatic nitrogens is 3. The Bertz CT molecular complexity index is 776. The van der Waals surface area contributed by atoms with Crippen molar-refractivity contribution in [3.05, 3.63) is 52.9 Å². The van der Waals surface area contributed by atoms with Gasteiger partial charge in [-0.1, -0.05) is 17.3 Å². The fourth-order valence-electron chi connectivity index (χ4n) is 1.68. The third-order valence-corrected chi connectivity index (χ3v) is 2.58. The summed E-state index contributed by atoms with van der Waals surface area (Å²) in [7, 11) is 0. The highest BCUT2D eigenvalue weighted by Crippen LogP contribution is 2.22. The van der Waals surface area contributed by atoms with Crippen molar-refractivity contribution in [3.8, 4) is 28.6 Å². The van der Waals surface area contributed by atoms with Crippen molar-refractivity contribution in [2.45, 2.75) is 0 Å². The number of H-pyrrole nitrogens is 1. The van der Waals surface area contributed by atoms with Crippen LogP contribution in [0.3, 0.4) is 0 Å². The molecule has 0 amide bonds. The number of nitrogens with one attached hydrogen (secondary N) is 1. The normalized spacial score (nSPS) is 10.5. The number of rotatable bonds is 2. The van der Waals surface area contributed by atoms with Gasteiger partial charge in [-0.15, -0.1) is 0 Å². The summed E-state index contributed by atoms with van der Waals surface area (Å²) >= 11 is 0. The largest absolute Gasteiger partial charge is 0.508 e. The van der Waals surface area contributed by atoms with Crippen LogP contribution >= 0.6 is 0 Å². The van der Waals surface area contributed by atoms with Crippen molar-refractivity contribution in [2.75, 3.05) is 0 Å². The lowest BCUT2D eigenvalue weighted by molar-refractivity contribution is 0.432. The second-order valence-electron chi connectivity index (χ2n) is 3.90. The van der Waals surface area contributed by atoms with Gasteiger partial charge >= 0.3 is 0 Å². The molecule has 0 aliphatic carbocycles. The van der Waals surface area contributed by atoms with Gasteiger partial charge in [0.1, 0.15) is 11.3 Å². The lowest BCUT2D eigenvalue weighted by Crippen LogP contribution is -2.02. The Balaban J connectivity index is 2.05. The second kappa shape index (κ2) is 4.41. The molecule has 2 N–H and O–H groups in total. The Hall–Kier alpha value is -2.89. The minimum atomic E-state index is -0.204. The Morgan fingerprint density at radius 3 is 2.95 bits per heavy atom. The smallest absolute Gasteiger partial charge is 0.263 e. The highest BCUT2D eigenvalue weighted by Gasteiger charge is 2.13. The minimum absolute atomic E-state index is 0.112. The number of benzene rings is 1. The van der Waals surface area contributed by atoms with Crippen molar-refractivity contribution in [2.24, 2.45) is 0 Å². The van der Waals surface area contributed by atoms with Crippen LogP contribution in [0.25, 0.3) is 22.8 Å². The molecule has 94 valence electrons. The van der Waals surface area contributed by atoms with E-state index in [0.717, 1.165) is 0 Å². The topological polar surface area (TPSA) is 92.0 Å². The van der Waals surface area contributed by atoms with E-state index in [1.54, 1.807) is 18.2 Å². The van der Waals surface area contributed by atoms with Crippen LogP contribution in [-0.4, -0.2) is 20.2 Å². The first-order valence-electron chi connectivity index (χ1n) is 5.54. The van der Waals surface area contributed by atoms with E-state index in [-0.39, 0.29) is 17.1 Å². The summed E-state index contributed by atoms with van der Waals surface area (Å²) in [5.41, 5.74) is 0.716. The lowest BCUT2D eigenvalue weighted by atomic mass is 10.2. The molecule has 2 heterocycles. The molecule has 0 radical (unpaired) electrons. The van der Waals surface area contributed by atoms with E-state index >= 15 is 0 Å². The zero-order valence-corrected chi connectivity index (χ0v) is 9.70. The van der Waals surface area contributed by atoms with E-state index in [9.17, 15) is 9.90 Å². The van der Waals surface area contributed by atoms with E-state index < -0.39 is 0 Å². The van der Waals surface area contributed by atoms with Gasteiger partial charge in [0.25, 0.3) is 5.89 Å². The van der Waals surface area contributed by atoms with Gasteiger partial charge in [-0.3, -0.25) is 4.79 Å². The first-order chi connectivity index (χ1) is 9.24. The number of hydrogen-bond acceptors (Lipinski definition) is 5. The van der Waals surface area contributed by atoms with Gasteiger partial charge in [0.15, 0.2) is 5.43 Å². The second-order valence-corrected chi connectivity index (χ2v) is 3.90. The molecule has 1 aromatic carbocycles. The van der Waals surface area contributed by atoms with Crippen molar-refractivity contribution < 1.29 is 9.63 Å². The number of pyridine rings is 1. The molecule has 0 aliphatic rings. The maximum Gasteiger partial charge on any atom is 0.263 e. The first-order valence-corrected chi connectivity index (χ1v) is 5.54. The molecule has 6 nitrogen and oxygen atoms in total. The molecule has 3 rings (SSSR count). The molecular weight excluding hydrogens is 246 g/mol. The Morgan fingerprint density at radius 2 is 2.16 bits per heavy atom. The Kier molecular flexibility index (Phi) is 2.60. The van der Waals surface area contributed by atoms with Crippen molar-refractivity contribution in [1.29, 1.82) is 0 Å². The van der Waals surface area contributed by atoms with Crippen molar-refractivity contribution in [1.82, 2.24) is 15.1 Å². The summed E-state index contributed by atoms with van der Waals surface area (Å²) in [5.74, 6) is 0.566. The molecule has 19 heavy (non-hydrogen) atoms. The summed E-state index contributed by atoms with van der Waals surface area (Å²) in [6.07, 6.45) is 3.03. The van der Waals surface area contributed by atoms with Crippen molar-refractivity contribution >= 4 is 0 Å². The quantitative estimate of drug-likeness (QED) is 0.728. The summed E-state index contributed by atoms with van der Waals surface area (Å²) in [6.45, 7) is 0. The van der Waals surface area contributed by atoms with Gasteiger partial charge < -0.3 is 14.6 Å². The molecular formula is C13H9N3O3. The maximum atomic E-state index is 11.6. The van der Waals surface area contributed by atoms with E-state index in [0.29, 0.717) is 17.0 Å². The molecule has 0 saturated carbocycles. The highest BCUT2D eigenvalue weighted by atomic mass is 16.5. The van der Waals surface area contributed by atoms with Crippen LogP contribution in [0.15, 0.2) is 52.0 Å². The summed E-state index contributed by atoms with van der Waals surface area (Å²) in [6, 6.07) is 7.86. The number of phenols is 1. The molecule has 3 aromatic rings. The molecule has 6 heteroatoms. The SMILES string of the molecule is O=c1cc[nH]cc1-c1nc(-c2cccc(O)c2)no1. The molecule has 0 saturated heterocycles. The highest BCUT2D eigenvalue weighted by molar-refractivity contribution is 5.60. The zero-order valence-electron chi connectivity index (χ0n) is 9.70. The third kappa shape index (κ3) is 2.11. The Morgan fingerprint density at radius 1 is 1.26 bits per heavy atom. The lowest BCUT2D eigenvalue weighted by Gasteiger charge is -1.94. The molecule has 0 fully saturated rings. The molecule has 0 atom stereocenters. The van der Waals surface area contributed by atoms with Crippen molar-refractivity contribution in [3.63, 3.8) is 0 Å². The van der Waals surface area contributed by atoms with E-state index in [2.05, 4.69) is 15.1 Å². The fraction of sp³-hybridized carbons (Fsp3) is 0. The number of nitrogens with zero attached hydrogens (tertiary/aromatic N) is 2. The maximum absolute atomic E-state index is 11.6. The van der Waals surface area contributed by atoms with Crippen LogP contribution in [0.1, 0.15) is 0 Å². The molecule has 0 spiro atoms. The summed E-state index contributed by atoms with van der Waals surface area (Å²) < 4.78 is 5.06. The predicted octanol–water partition coefficient (Wildman–Crippen LogP) is 1.80. The molecule has 2 aromatic heterocycles. The number of hydrogen-bond donors (Lipinski definition) is 2. The number of aromatic hydroxyl groups is 1. The van der Waals surface area contributed by atoms with Gasteiger partial charge in [-0.25, -0.2) is 0 Å². The van der Waals surface area contributed by atoms with Gasteiger partial charge in [-0.2, -0.15) is 4.98 Å². The minimum Gasteiger partial charge on any atom is -0.508 e. The zero-order chi connectivity index (χ0) is 13.2. The van der Waals surface area contributed by atoms with Crippen LogP contribution in [-0.2, 0) is 0 Å². The fourth-order valence-corrected chi connectivity index (χ4v) is 1.68. The van der Waals surface area contributed by atoms with Crippen LogP contribution in [0.4, 0.5) is 0 Å². The Labute approximate surface area is 107 Å². The molecule has 0 unspecified atom stereocenters. The third-order valence-electron chi connectivity index (χ3n) is 2.58. The number of phenolic OH excluding ortho intramolecular Hbond substituents is 1. The van der Waals surface area contributed by atoms with Crippen LogP contribution in [0, 0.1) is 0 Å². The molecule has 0 aliphatic heterocycles. The van der Waals surface area contributed by atoms with Gasteiger partial charge in [0, 0.05) is 24.0 Å². The summed E-state index contributed by atoms with van der Waals surface area (Å²) in [4.78, 5) is 18.6. The van der Waals surface area contributed by atoms with Gasteiger partial charge in [0.05, 0.1) is 0 Å². The predicted molar refractivity (Wildman–Crippen MR) is 67.5 cm³/mol. The summed E-state index contributed by atoms with van der Waals surface area (Å²) in [5, 5.41) is 13.2. The standard InChI is InChI=1S/C13H9N3O3/c17-9-3-1-2-8(6-9)12-15-13(19-16-12)10-7-14-5-4-11(10)18/h1-7,17H,(H,14,18). The van der Waals surface area contributed by atoms with Crippen LogP contribution < -0.4 is 5.43 Å². The first kappa shape index (κ1) is 11.2. The average molecular weight is 255 g/mol. The monoisotopic (exact) mass is 255 g/mol. The van der Waals surface area contributed by atoms with Crippen LogP contribution in [0.5, 0.6) is 5.75 Å². The van der Waals surface area contributed by atoms with E-state index in [1.165, 1.54) is 24.5 Å². The van der Waals surface area contributed by atoms with E-state index in [1.807, 2.05) is 0 Å². The van der Waals surface area contributed by atoms with Gasteiger partial charge in [0.2, 0.25) is 5.82 Å². The number of aromatic amines is 1. The van der Waals surface area contributed by atoms with E-state index in [4.69, 9.17) is 4.52 Å². The molecule has 0 bridgehead atoms. The van der Waals surface area contributed by atoms with Crippen LogP contribution in [0.2, 0.25) is 0 Å².